The highest BCUT2D eigenvalue weighted by molar-refractivity contribution is 6.02. The lowest BCUT2D eigenvalue weighted by Crippen LogP contribution is -2.14. The lowest BCUT2D eigenvalue weighted by Gasteiger charge is -2.02. The van der Waals surface area contributed by atoms with Crippen LogP contribution < -0.4 is 5.73 Å². The van der Waals surface area contributed by atoms with Crippen molar-refractivity contribution in [2.24, 2.45) is 5.73 Å². The monoisotopic (exact) mass is 157 g/mol. The third kappa shape index (κ3) is 0.537. The predicted octanol–water partition coefficient (Wildman–Crippen LogP) is 0.978. The Kier molecular flexibility index (Phi) is 0.803. The molecule has 2 heteroatoms. The fourth-order valence-corrected chi connectivity index (χ4v) is 1.85. The van der Waals surface area contributed by atoms with Crippen molar-refractivity contribution in [3.8, 4) is 0 Å². The SMILES string of the molecule is NC(=O)C1=CC=C2C1=CC1=C2C1. The number of carbonyl (C=O) groups excluding carboxylic acids is 1. The van der Waals surface area contributed by atoms with Crippen LogP contribution >= 0.6 is 0 Å². The summed E-state index contributed by atoms with van der Waals surface area (Å²) in [7, 11) is 0. The molecule has 2 N–H and O–H groups in total. The van der Waals surface area contributed by atoms with E-state index in [9.17, 15) is 4.79 Å². The Bertz CT molecular complexity index is 433. The summed E-state index contributed by atoms with van der Waals surface area (Å²) in [5, 5.41) is 0. The number of rotatable bonds is 1. The van der Waals surface area contributed by atoms with Crippen LogP contribution in [0, 0.1) is 0 Å². The largest absolute Gasteiger partial charge is 0.366 e. The van der Waals surface area contributed by atoms with E-state index in [2.05, 4.69) is 6.08 Å². The van der Waals surface area contributed by atoms with Gasteiger partial charge in [0.2, 0.25) is 5.91 Å². The Morgan fingerprint density at radius 2 is 2.17 bits per heavy atom. The van der Waals surface area contributed by atoms with Crippen LogP contribution in [-0.2, 0) is 4.79 Å². The van der Waals surface area contributed by atoms with Crippen molar-refractivity contribution in [2.45, 2.75) is 6.42 Å². The van der Waals surface area contributed by atoms with Gasteiger partial charge in [-0.05, 0) is 40.9 Å². The number of nitrogens with two attached hydrogens (primary N) is 1. The first-order valence-corrected chi connectivity index (χ1v) is 3.94. The molecule has 0 saturated heterocycles. The minimum absolute atomic E-state index is 0.324. The summed E-state index contributed by atoms with van der Waals surface area (Å²) in [5.74, 6) is -0.324. The molecular formula is C10H7NO. The van der Waals surface area contributed by atoms with Crippen LogP contribution in [0.4, 0.5) is 0 Å². The van der Waals surface area contributed by atoms with Crippen molar-refractivity contribution in [3.05, 3.63) is 46.1 Å². The maximum atomic E-state index is 10.9. The van der Waals surface area contributed by atoms with Gasteiger partial charge < -0.3 is 5.73 Å². The Labute approximate surface area is 69.7 Å². The molecule has 0 aromatic heterocycles. The van der Waals surface area contributed by atoms with Crippen molar-refractivity contribution in [2.75, 3.05) is 0 Å². The molecule has 3 rings (SSSR count). The van der Waals surface area contributed by atoms with Crippen molar-refractivity contribution < 1.29 is 4.79 Å². The van der Waals surface area contributed by atoms with Gasteiger partial charge in [0.15, 0.2) is 0 Å². The van der Waals surface area contributed by atoms with E-state index < -0.39 is 0 Å². The quantitative estimate of drug-likeness (QED) is 0.605. The van der Waals surface area contributed by atoms with Gasteiger partial charge in [-0.3, -0.25) is 4.79 Å². The summed E-state index contributed by atoms with van der Waals surface area (Å²) in [4.78, 5) is 10.9. The second-order valence-electron chi connectivity index (χ2n) is 3.26. The molecule has 0 radical (unpaired) electrons. The van der Waals surface area contributed by atoms with E-state index in [4.69, 9.17) is 5.73 Å². The normalized spacial score (nSPS) is 22.8. The number of carbonyl (C=O) groups is 1. The third-order valence-corrected chi connectivity index (χ3v) is 2.54. The Hall–Kier alpha value is -1.57. The molecule has 0 bridgehead atoms. The van der Waals surface area contributed by atoms with Crippen LogP contribution in [0.2, 0.25) is 0 Å². The van der Waals surface area contributed by atoms with E-state index in [-0.39, 0.29) is 5.91 Å². The number of allylic oxidation sites excluding steroid dienone is 6. The molecule has 12 heavy (non-hydrogen) atoms. The minimum Gasteiger partial charge on any atom is -0.366 e. The molecule has 3 aliphatic rings. The summed E-state index contributed by atoms with van der Waals surface area (Å²) in [5.41, 5.74) is 10.9. The first kappa shape index (κ1) is 6.00. The van der Waals surface area contributed by atoms with E-state index in [1.807, 2.05) is 12.2 Å². The molecule has 0 aliphatic heterocycles. The molecule has 0 spiro atoms. The average molecular weight is 157 g/mol. The highest BCUT2D eigenvalue weighted by Gasteiger charge is 2.35. The summed E-state index contributed by atoms with van der Waals surface area (Å²) >= 11 is 0. The summed E-state index contributed by atoms with van der Waals surface area (Å²) < 4.78 is 0. The molecule has 0 heterocycles. The van der Waals surface area contributed by atoms with Crippen LogP contribution in [0.25, 0.3) is 0 Å². The standard InChI is InChI=1S/C10H7NO/c11-10(12)7-2-1-6-8-3-5(8)4-9(6)7/h1-2,4H,3H2,(H2,11,12). The molecule has 58 valence electrons. The van der Waals surface area contributed by atoms with E-state index in [1.54, 1.807) is 0 Å². The van der Waals surface area contributed by atoms with Crippen molar-refractivity contribution in [1.29, 1.82) is 0 Å². The maximum absolute atomic E-state index is 10.9. The molecule has 0 fully saturated rings. The molecule has 0 saturated carbocycles. The lowest BCUT2D eigenvalue weighted by atomic mass is 10.0. The highest BCUT2D eigenvalue weighted by atomic mass is 16.1. The van der Waals surface area contributed by atoms with Gasteiger partial charge in [-0.2, -0.15) is 0 Å². The minimum atomic E-state index is -0.324. The Morgan fingerprint density at radius 3 is 2.92 bits per heavy atom. The van der Waals surface area contributed by atoms with E-state index in [1.165, 1.54) is 16.7 Å². The van der Waals surface area contributed by atoms with Gasteiger partial charge in [0, 0.05) is 5.57 Å². The van der Waals surface area contributed by atoms with Gasteiger partial charge >= 0.3 is 0 Å². The molecule has 0 atom stereocenters. The molecule has 1 amide bonds. The van der Waals surface area contributed by atoms with Crippen molar-refractivity contribution in [3.63, 3.8) is 0 Å². The molecule has 3 aliphatic carbocycles. The summed E-state index contributed by atoms with van der Waals surface area (Å²) in [6, 6.07) is 0. The Balaban J connectivity index is 2.09. The fraction of sp³-hybridized carbons (Fsp3) is 0.100. The zero-order valence-corrected chi connectivity index (χ0v) is 6.42. The Morgan fingerprint density at radius 1 is 1.33 bits per heavy atom. The van der Waals surface area contributed by atoms with Gasteiger partial charge in [0.05, 0.1) is 0 Å². The van der Waals surface area contributed by atoms with Gasteiger partial charge in [0.25, 0.3) is 0 Å². The average Bonchev–Trinajstić information content (AvgIpc) is 2.54. The van der Waals surface area contributed by atoms with Crippen LogP contribution in [0.1, 0.15) is 6.42 Å². The van der Waals surface area contributed by atoms with Gasteiger partial charge in [-0.25, -0.2) is 0 Å². The van der Waals surface area contributed by atoms with Gasteiger partial charge in [0.1, 0.15) is 0 Å². The second kappa shape index (κ2) is 1.61. The van der Waals surface area contributed by atoms with E-state index in [0.717, 1.165) is 12.0 Å². The lowest BCUT2D eigenvalue weighted by molar-refractivity contribution is -0.114. The number of fused-ring (bicyclic) bond motifs is 2. The molecule has 0 aromatic carbocycles. The van der Waals surface area contributed by atoms with Crippen LogP contribution in [-0.4, -0.2) is 5.91 Å². The predicted molar refractivity (Wildman–Crippen MR) is 45.1 cm³/mol. The van der Waals surface area contributed by atoms with Crippen LogP contribution in [0.5, 0.6) is 0 Å². The maximum Gasteiger partial charge on any atom is 0.249 e. The highest BCUT2D eigenvalue weighted by Crippen LogP contribution is 2.51. The van der Waals surface area contributed by atoms with Gasteiger partial charge in [-0.1, -0.05) is 6.08 Å². The van der Waals surface area contributed by atoms with Gasteiger partial charge in [-0.15, -0.1) is 0 Å². The van der Waals surface area contributed by atoms with Crippen molar-refractivity contribution in [1.82, 2.24) is 0 Å². The van der Waals surface area contributed by atoms with E-state index in [0.29, 0.717) is 5.57 Å². The first-order chi connectivity index (χ1) is 5.77. The smallest absolute Gasteiger partial charge is 0.249 e. The topological polar surface area (TPSA) is 43.1 Å². The summed E-state index contributed by atoms with van der Waals surface area (Å²) in [6.45, 7) is 0. The molecule has 0 unspecified atom stereocenters. The molecular weight excluding hydrogens is 150 g/mol. The number of amides is 1. The number of hydrogen-bond donors (Lipinski definition) is 1. The zero-order chi connectivity index (χ0) is 8.29. The number of hydrogen-bond acceptors (Lipinski definition) is 1. The third-order valence-electron chi connectivity index (χ3n) is 2.54. The zero-order valence-electron chi connectivity index (χ0n) is 6.42. The first-order valence-electron chi connectivity index (χ1n) is 3.94. The molecule has 2 nitrogen and oxygen atoms in total. The fourth-order valence-electron chi connectivity index (χ4n) is 1.85. The van der Waals surface area contributed by atoms with Crippen molar-refractivity contribution >= 4 is 5.91 Å². The second-order valence-corrected chi connectivity index (χ2v) is 3.26. The van der Waals surface area contributed by atoms with E-state index >= 15 is 0 Å². The summed E-state index contributed by atoms with van der Waals surface area (Å²) in [6.07, 6.45) is 6.98. The van der Waals surface area contributed by atoms with Crippen LogP contribution in [0.15, 0.2) is 46.1 Å². The number of primary amides is 1. The molecule has 0 aromatic rings. The van der Waals surface area contributed by atoms with Crippen LogP contribution in [0.3, 0.4) is 0 Å².